The molecule has 7 heteroatoms. The predicted octanol–water partition coefficient (Wildman–Crippen LogP) is 1.62. The number of rotatable bonds is 6. The summed E-state index contributed by atoms with van der Waals surface area (Å²) in [7, 11) is 0. The Morgan fingerprint density at radius 3 is 2.96 bits per heavy atom. The molecule has 0 amide bonds. The van der Waals surface area contributed by atoms with Crippen molar-refractivity contribution >= 4 is 24.6 Å². The molecule has 2 aliphatic rings. The Morgan fingerprint density at radius 2 is 2.25 bits per heavy atom. The molecule has 1 aromatic rings. The van der Waals surface area contributed by atoms with Crippen molar-refractivity contribution in [1.82, 2.24) is 15.3 Å². The fourth-order valence-electron chi connectivity index (χ4n) is 3.67. The molecule has 3 rings (SSSR count). The summed E-state index contributed by atoms with van der Waals surface area (Å²) in [5.41, 5.74) is 2.85. The SMILES string of the molecule is C=N/C(=C1/c2cc[nH]c2N=CN1N)C1CCC(CNCCO)CC1. The van der Waals surface area contributed by atoms with E-state index < -0.39 is 0 Å². The predicted molar refractivity (Wildman–Crippen MR) is 96.8 cm³/mol. The first-order valence-corrected chi connectivity index (χ1v) is 8.53. The van der Waals surface area contributed by atoms with E-state index in [4.69, 9.17) is 10.9 Å². The van der Waals surface area contributed by atoms with Crippen LogP contribution in [-0.4, -0.2) is 47.9 Å². The van der Waals surface area contributed by atoms with Gasteiger partial charge in [-0.05, 0) is 50.9 Å². The second kappa shape index (κ2) is 7.74. The molecule has 2 heterocycles. The van der Waals surface area contributed by atoms with Gasteiger partial charge in [0, 0.05) is 24.2 Å². The second-order valence-corrected chi connectivity index (χ2v) is 6.43. The van der Waals surface area contributed by atoms with Crippen LogP contribution in [0.3, 0.4) is 0 Å². The molecule has 0 unspecified atom stereocenters. The quantitative estimate of drug-likeness (QED) is 0.361. The minimum Gasteiger partial charge on any atom is -0.395 e. The molecule has 7 nitrogen and oxygen atoms in total. The normalized spacial score (nSPS) is 25.5. The smallest absolute Gasteiger partial charge is 0.141 e. The molecule has 5 N–H and O–H groups in total. The van der Waals surface area contributed by atoms with E-state index in [2.05, 4.69) is 27.0 Å². The third-order valence-electron chi connectivity index (χ3n) is 4.92. The summed E-state index contributed by atoms with van der Waals surface area (Å²) in [5.74, 6) is 7.98. The first-order chi connectivity index (χ1) is 11.7. The van der Waals surface area contributed by atoms with Crippen molar-refractivity contribution in [2.75, 3.05) is 19.7 Å². The zero-order valence-corrected chi connectivity index (χ0v) is 13.9. The summed E-state index contributed by atoms with van der Waals surface area (Å²) in [6, 6.07) is 1.98. The summed E-state index contributed by atoms with van der Waals surface area (Å²) in [4.78, 5) is 11.8. The first kappa shape index (κ1) is 16.9. The van der Waals surface area contributed by atoms with Crippen LogP contribution in [0.15, 0.2) is 27.9 Å². The lowest BCUT2D eigenvalue weighted by atomic mass is 9.79. The highest BCUT2D eigenvalue weighted by Crippen LogP contribution is 2.40. The van der Waals surface area contributed by atoms with E-state index in [9.17, 15) is 0 Å². The number of aliphatic imine (C=N–C) groups is 2. The van der Waals surface area contributed by atoms with Crippen molar-refractivity contribution in [2.24, 2.45) is 27.7 Å². The van der Waals surface area contributed by atoms with E-state index in [1.807, 2.05) is 12.3 Å². The number of hydrogen-bond acceptors (Lipinski definition) is 6. The standard InChI is InChI=1S/C17H26N6O/c1-19-15(13-4-2-12(3-5-13)10-20-8-9-24)16-14-6-7-21-17(14)22-11-23(16)18/h6-7,11-13,20-21,24H,1-5,8-10,18H2/b16-15-. The van der Waals surface area contributed by atoms with Crippen LogP contribution in [0, 0.1) is 11.8 Å². The summed E-state index contributed by atoms with van der Waals surface area (Å²) >= 11 is 0. The highest BCUT2D eigenvalue weighted by Gasteiger charge is 2.29. The lowest BCUT2D eigenvalue weighted by Gasteiger charge is -2.32. The Morgan fingerprint density at radius 1 is 1.46 bits per heavy atom. The third-order valence-corrected chi connectivity index (χ3v) is 4.92. The van der Waals surface area contributed by atoms with E-state index in [1.54, 1.807) is 11.3 Å². The molecule has 24 heavy (non-hydrogen) atoms. The van der Waals surface area contributed by atoms with Gasteiger partial charge in [0.25, 0.3) is 0 Å². The van der Waals surface area contributed by atoms with Crippen LogP contribution in [0.2, 0.25) is 0 Å². The van der Waals surface area contributed by atoms with Crippen LogP contribution < -0.4 is 11.2 Å². The van der Waals surface area contributed by atoms with Crippen molar-refractivity contribution in [2.45, 2.75) is 25.7 Å². The van der Waals surface area contributed by atoms with E-state index in [0.29, 0.717) is 18.4 Å². The number of nitrogens with one attached hydrogen (secondary N) is 2. The molecule has 0 bridgehead atoms. The fraction of sp³-hybridized carbons (Fsp3) is 0.529. The Hall–Kier alpha value is -1.96. The van der Waals surface area contributed by atoms with Crippen molar-refractivity contribution in [3.8, 4) is 0 Å². The van der Waals surface area contributed by atoms with Gasteiger partial charge < -0.3 is 15.4 Å². The van der Waals surface area contributed by atoms with Gasteiger partial charge in [-0.3, -0.25) is 10.0 Å². The Balaban J connectivity index is 1.74. The largest absolute Gasteiger partial charge is 0.395 e. The van der Waals surface area contributed by atoms with Crippen molar-refractivity contribution < 1.29 is 5.11 Å². The summed E-state index contributed by atoms with van der Waals surface area (Å²) in [5, 5.41) is 13.7. The molecular weight excluding hydrogens is 304 g/mol. The zero-order valence-electron chi connectivity index (χ0n) is 13.9. The van der Waals surface area contributed by atoms with Gasteiger partial charge in [-0.2, -0.15) is 0 Å². The van der Waals surface area contributed by atoms with Gasteiger partial charge in [0.15, 0.2) is 0 Å². The minimum absolute atomic E-state index is 0.193. The van der Waals surface area contributed by atoms with E-state index in [1.165, 1.54) is 0 Å². The maximum Gasteiger partial charge on any atom is 0.141 e. The van der Waals surface area contributed by atoms with E-state index in [-0.39, 0.29) is 6.61 Å². The zero-order chi connectivity index (χ0) is 16.9. The number of aliphatic hydroxyl groups is 1. The van der Waals surface area contributed by atoms with Gasteiger partial charge >= 0.3 is 0 Å². The van der Waals surface area contributed by atoms with Crippen LogP contribution >= 0.6 is 0 Å². The molecule has 1 aliphatic carbocycles. The molecule has 1 saturated carbocycles. The molecule has 130 valence electrons. The fourth-order valence-corrected chi connectivity index (χ4v) is 3.67. The number of aromatic nitrogens is 1. The number of fused-ring (bicyclic) bond motifs is 1. The van der Waals surface area contributed by atoms with Crippen LogP contribution in [0.25, 0.3) is 5.70 Å². The number of H-pyrrole nitrogens is 1. The topological polar surface area (TPSA) is 102 Å². The Kier molecular flexibility index (Phi) is 5.44. The number of nitrogens with zero attached hydrogens (tertiary/aromatic N) is 3. The van der Waals surface area contributed by atoms with Crippen molar-refractivity contribution in [3.05, 3.63) is 23.5 Å². The highest BCUT2D eigenvalue weighted by molar-refractivity contribution is 5.87. The van der Waals surface area contributed by atoms with Crippen LogP contribution in [0.1, 0.15) is 31.2 Å². The number of nitrogens with two attached hydrogens (primary N) is 1. The Bertz CT molecular complexity index is 627. The van der Waals surface area contributed by atoms with E-state index in [0.717, 1.165) is 55.0 Å². The molecule has 1 fully saturated rings. The van der Waals surface area contributed by atoms with Crippen molar-refractivity contribution in [1.29, 1.82) is 0 Å². The molecule has 1 aromatic heterocycles. The number of allylic oxidation sites excluding steroid dienone is 1. The average Bonchev–Trinajstić information content (AvgIpc) is 3.07. The van der Waals surface area contributed by atoms with Gasteiger partial charge in [0.05, 0.1) is 18.0 Å². The number of hydrazine groups is 1. The molecular formula is C17H26N6O. The number of hydrogen-bond donors (Lipinski definition) is 4. The molecule has 0 spiro atoms. The summed E-state index contributed by atoms with van der Waals surface area (Å²) in [6.07, 6.45) is 7.93. The number of aliphatic hydroxyl groups excluding tert-OH is 1. The second-order valence-electron chi connectivity index (χ2n) is 6.43. The lowest BCUT2D eigenvalue weighted by molar-refractivity contribution is 0.264. The van der Waals surface area contributed by atoms with Crippen LogP contribution in [0.4, 0.5) is 5.82 Å². The molecule has 0 atom stereocenters. The third kappa shape index (κ3) is 3.43. The lowest BCUT2D eigenvalue weighted by Crippen LogP contribution is -2.32. The maximum atomic E-state index is 8.86. The Labute approximate surface area is 142 Å². The first-order valence-electron chi connectivity index (χ1n) is 8.53. The van der Waals surface area contributed by atoms with Crippen LogP contribution in [0.5, 0.6) is 0 Å². The molecule has 0 saturated heterocycles. The highest BCUT2D eigenvalue weighted by atomic mass is 16.3. The monoisotopic (exact) mass is 330 g/mol. The van der Waals surface area contributed by atoms with Gasteiger partial charge in [0.1, 0.15) is 12.2 Å². The van der Waals surface area contributed by atoms with Crippen molar-refractivity contribution in [3.63, 3.8) is 0 Å². The van der Waals surface area contributed by atoms with Gasteiger partial charge in [-0.25, -0.2) is 10.8 Å². The molecule has 1 aliphatic heterocycles. The van der Waals surface area contributed by atoms with Crippen LogP contribution in [-0.2, 0) is 0 Å². The summed E-state index contributed by atoms with van der Waals surface area (Å²) in [6.45, 7) is 5.63. The van der Waals surface area contributed by atoms with Gasteiger partial charge in [-0.15, -0.1) is 0 Å². The molecule has 0 radical (unpaired) electrons. The average molecular weight is 330 g/mol. The minimum atomic E-state index is 0.193. The number of aromatic amines is 1. The van der Waals surface area contributed by atoms with E-state index >= 15 is 0 Å². The van der Waals surface area contributed by atoms with Gasteiger partial charge in [-0.1, -0.05) is 0 Å². The maximum absolute atomic E-state index is 8.86. The summed E-state index contributed by atoms with van der Waals surface area (Å²) < 4.78 is 0. The van der Waals surface area contributed by atoms with Gasteiger partial charge in [0.2, 0.25) is 0 Å². The molecule has 0 aromatic carbocycles.